The van der Waals surface area contributed by atoms with Crippen LogP contribution in [0.4, 0.5) is 0 Å². The molecule has 0 bridgehead atoms. The fraction of sp³-hybridized carbons (Fsp3) is 0.600. The van der Waals surface area contributed by atoms with E-state index in [-0.39, 0.29) is 18.0 Å². The van der Waals surface area contributed by atoms with Gasteiger partial charge in [-0.25, -0.2) is 0 Å². The van der Waals surface area contributed by atoms with Crippen molar-refractivity contribution in [3.63, 3.8) is 0 Å². The van der Waals surface area contributed by atoms with Gasteiger partial charge in [-0.15, -0.1) is 0 Å². The van der Waals surface area contributed by atoms with Crippen molar-refractivity contribution in [2.45, 2.75) is 44.7 Å². The number of aromatic nitrogens is 1. The SMILES string of the molecule is CC1CC(N)CCN1C(=O)CCCOc1cccnc1. The Morgan fingerprint density at radius 1 is 1.60 bits per heavy atom. The third kappa shape index (κ3) is 4.20. The van der Waals surface area contributed by atoms with Crippen molar-refractivity contribution >= 4 is 5.91 Å². The Kier molecular flexibility index (Phi) is 5.35. The second kappa shape index (κ2) is 7.24. The van der Waals surface area contributed by atoms with Crippen LogP contribution in [0.3, 0.4) is 0 Å². The Balaban J connectivity index is 1.67. The Labute approximate surface area is 120 Å². The number of carbonyl (C=O) groups excluding carboxylic acids is 1. The lowest BCUT2D eigenvalue weighted by molar-refractivity contribution is -0.134. The van der Waals surface area contributed by atoms with Crippen LogP contribution >= 0.6 is 0 Å². The highest BCUT2D eigenvalue weighted by Gasteiger charge is 2.26. The maximum absolute atomic E-state index is 12.1. The summed E-state index contributed by atoms with van der Waals surface area (Å²) in [4.78, 5) is 18.1. The molecular weight excluding hydrogens is 254 g/mol. The van der Waals surface area contributed by atoms with E-state index in [1.807, 2.05) is 17.0 Å². The average molecular weight is 277 g/mol. The number of hydrogen-bond donors (Lipinski definition) is 1. The van der Waals surface area contributed by atoms with Gasteiger partial charge in [0.15, 0.2) is 0 Å². The van der Waals surface area contributed by atoms with E-state index in [1.54, 1.807) is 12.4 Å². The number of hydrogen-bond acceptors (Lipinski definition) is 4. The highest BCUT2D eigenvalue weighted by molar-refractivity contribution is 5.76. The summed E-state index contributed by atoms with van der Waals surface area (Å²) in [6.07, 6.45) is 6.44. The highest BCUT2D eigenvalue weighted by Crippen LogP contribution is 2.17. The van der Waals surface area contributed by atoms with Gasteiger partial charge in [0.05, 0.1) is 12.8 Å². The van der Waals surface area contributed by atoms with Gasteiger partial charge in [-0.05, 0) is 38.3 Å². The van der Waals surface area contributed by atoms with Crippen LogP contribution in [0.5, 0.6) is 5.75 Å². The van der Waals surface area contributed by atoms with Crippen molar-refractivity contribution < 1.29 is 9.53 Å². The molecule has 1 aliphatic rings. The molecule has 0 saturated carbocycles. The Morgan fingerprint density at radius 2 is 2.45 bits per heavy atom. The minimum atomic E-state index is 0.208. The molecule has 110 valence electrons. The summed E-state index contributed by atoms with van der Waals surface area (Å²) in [5.41, 5.74) is 5.91. The third-order valence-electron chi connectivity index (χ3n) is 3.68. The average Bonchev–Trinajstić information content (AvgIpc) is 2.44. The summed E-state index contributed by atoms with van der Waals surface area (Å²) in [5, 5.41) is 0. The van der Waals surface area contributed by atoms with Crippen LogP contribution in [-0.4, -0.2) is 41.0 Å². The molecule has 0 spiro atoms. The summed E-state index contributed by atoms with van der Waals surface area (Å²) in [5.74, 6) is 0.955. The zero-order valence-electron chi connectivity index (χ0n) is 12.0. The normalized spacial score (nSPS) is 22.6. The van der Waals surface area contributed by atoms with Crippen LogP contribution < -0.4 is 10.5 Å². The molecule has 2 unspecified atom stereocenters. The van der Waals surface area contributed by atoms with E-state index >= 15 is 0 Å². The fourth-order valence-electron chi connectivity index (χ4n) is 2.57. The Morgan fingerprint density at radius 3 is 3.15 bits per heavy atom. The first-order chi connectivity index (χ1) is 9.66. The number of amides is 1. The topological polar surface area (TPSA) is 68.5 Å². The van der Waals surface area contributed by atoms with Crippen LogP contribution in [0.15, 0.2) is 24.5 Å². The van der Waals surface area contributed by atoms with Gasteiger partial charge in [-0.2, -0.15) is 0 Å². The molecule has 0 aliphatic carbocycles. The molecule has 2 N–H and O–H groups in total. The zero-order valence-corrected chi connectivity index (χ0v) is 12.0. The molecule has 5 heteroatoms. The molecule has 1 amide bonds. The quantitative estimate of drug-likeness (QED) is 0.830. The molecule has 1 fully saturated rings. The molecule has 2 atom stereocenters. The molecule has 1 saturated heterocycles. The van der Waals surface area contributed by atoms with Gasteiger partial charge in [-0.3, -0.25) is 9.78 Å². The van der Waals surface area contributed by atoms with E-state index in [4.69, 9.17) is 10.5 Å². The second-order valence-corrected chi connectivity index (χ2v) is 5.36. The zero-order chi connectivity index (χ0) is 14.4. The van der Waals surface area contributed by atoms with Crippen LogP contribution in [-0.2, 0) is 4.79 Å². The molecular formula is C15H23N3O2. The lowest BCUT2D eigenvalue weighted by atomic mass is 9.98. The largest absolute Gasteiger partial charge is 0.492 e. The van der Waals surface area contributed by atoms with Crippen molar-refractivity contribution in [2.75, 3.05) is 13.2 Å². The van der Waals surface area contributed by atoms with Gasteiger partial charge >= 0.3 is 0 Å². The van der Waals surface area contributed by atoms with Gasteiger partial charge in [0, 0.05) is 31.2 Å². The van der Waals surface area contributed by atoms with Crippen molar-refractivity contribution in [1.82, 2.24) is 9.88 Å². The number of nitrogens with two attached hydrogens (primary N) is 1. The fourth-order valence-corrected chi connectivity index (χ4v) is 2.57. The summed E-state index contributed by atoms with van der Waals surface area (Å²) in [6, 6.07) is 4.19. The third-order valence-corrected chi connectivity index (χ3v) is 3.68. The maximum atomic E-state index is 12.1. The molecule has 20 heavy (non-hydrogen) atoms. The molecule has 2 rings (SSSR count). The van der Waals surface area contributed by atoms with Gasteiger partial charge in [0.2, 0.25) is 5.91 Å². The summed E-state index contributed by atoms with van der Waals surface area (Å²) >= 11 is 0. The number of pyridine rings is 1. The number of carbonyl (C=O) groups is 1. The van der Waals surface area contributed by atoms with Gasteiger partial charge in [-0.1, -0.05) is 0 Å². The van der Waals surface area contributed by atoms with E-state index < -0.39 is 0 Å². The minimum absolute atomic E-state index is 0.208. The predicted octanol–water partition coefficient (Wildman–Crippen LogP) is 1.58. The lowest BCUT2D eigenvalue weighted by Crippen LogP contribution is -2.48. The van der Waals surface area contributed by atoms with Crippen LogP contribution in [0.25, 0.3) is 0 Å². The maximum Gasteiger partial charge on any atom is 0.222 e. The number of nitrogens with zero attached hydrogens (tertiary/aromatic N) is 2. The van der Waals surface area contributed by atoms with Crippen molar-refractivity contribution in [3.8, 4) is 5.75 Å². The molecule has 1 aliphatic heterocycles. The molecule has 1 aromatic heterocycles. The van der Waals surface area contributed by atoms with Crippen molar-refractivity contribution in [1.29, 1.82) is 0 Å². The van der Waals surface area contributed by atoms with Gasteiger partial charge < -0.3 is 15.4 Å². The number of likely N-dealkylation sites (tertiary alicyclic amines) is 1. The summed E-state index contributed by atoms with van der Waals surface area (Å²) < 4.78 is 5.53. The smallest absolute Gasteiger partial charge is 0.222 e. The lowest BCUT2D eigenvalue weighted by Gasteiger charge is -2.36. The van der Waals surface area contributed by atoms with Crippen molar-refractivity contribution in [3.05, 3.63) is 24.5 Å². The number of piperidine rings is 1. The summed E-state index contributed by atoms with van der Waals surface area (Å²) in [7, 11) is 0. The van der Waals surface area contributed by atoms with E-state index in [0.717, 1.165) is 31.6 Å². The van der Waals surface area contributed by atoms with Crippen LogP contribution in [0.2, 0.25) is 0 Å². The van der Waals surface area contributed by atoms with E-state index in [1.165, 1.54) is 0 Å². The molecule has 5 nitrogen and oxygen atoms in total. The highest BCUT2D eigenvalue weighted by atomic mass is 16.5. The standard InChI is InChI=1S/C15H23N3O2/c1-12-10-13(16)6-8-18(12)15(19)5-3-9-20-14-4-2-7-17-11-14/h2,4,7,11-13H,3,5-6,8-10,16H2,1H3. The first-order valence-electron chi connectivity index (χ1n) is 7.24. The van der Waals surface area contributed by atoms with Crippen LogP contribution in [0, 0.1) is 0 Å². The first-order valence-corrected chi connectivity index (χ1v) is 7.24. The number of rotatable bonds is 5. The number of ether oxygens (including phenoxy) is 1. The van der Waals surface area contributed by atoms with E-state index in [2.05, 4.69) is 11.9 Å². The minimum Gasteiger partial charge on any atom is -0.492 e. The van der Waals surface area contributed by atoms with Gasteiger partial charge in [0.1, 0.15) is 5.75 Å². The molecule has 0 radical (unpaired) electrons. The Bertz CT molecular complexity index is 424. The Hall–Kier alpha value is -1.62. The first kappa shape index (κ1) is 14.8. The second-order valence-electron chi connectivity index (χ2n) is 5.36. The molecule has 1 aromatic rings. The van der Waals surface area contributed by atoms with E-state index in [0.29, 0.717) is 13.0 Å². The van der Waals surface area contributed by atoms with E-state index in [9.17, 15) is 4.79 Å². The summed E-state index contributed by atoms with van der Waals surface area (Å²) in [6.45, 7) is 3.40. The molecule has 2 heterocycles. The molecule has 0 aromatic carbocycles. The van der Waals surface area contributed by atoms with Crippen molar-refractivity contribution in [2.24, 2.45) is 5.73 Å². The monoisotopic (exact) mass is 277 g/mol. The van der Waals surface area contributed by atoms with Gasteiger partial charge in [0.25, 0.3) is 0 Å². The van der Waals surface area contributed by atoms with Crippen LogP contribution in [0.1, 0.15) is 32.6 Å². The predicted molar refractivity (Wildman–Crippen MR) is 77.4 cm³/mol.